The third-order valence-corrected chi connectivity index (χ3v) is 12.1. The summed E-state index contributed by atoms with van der Waals surface area (Å²) >= 11 is 0. The Kier molecular flexibility index (Phi) is 10.7. The van der Waals surface area contributed by atoms with E-state index in [1.54, 1.807) is 18.3 Å². The smallest absolute Gasteiger partial charge is 0.148 e. The molecule has 0 aliphatic rings. The molecule has 4 nitrogen and oxygen atoms in total. The van der Waals surface area contributed by atoms with Crippen LogP contribution in [0.3, 0.4) is 0 Å². The number of phenolic OH excluding ortho intramolecular Hbond substituents is 1. The minimum Gasteiger partial charge on any atom is -0.507 e. The first-order chi connectivity index (χ1) is 32.9. The van der Waals surface area contributed by atoms with Gasteiger partial charge in [-0.3, -0.25) is 9.55 Å². The van der Waals surface area contributed by atoms with Crippen LogP contribution in [0.1, 0.15) is 139 Å². The molecule has 2 aromatic heterocycles. The molecule has 8 aromatic rings. The molecule has 2 heterocycles. The number of phenols is 1. The zero-order valence-corrected chi connectivity index (χ0v) is 42.2. The van der Waals surface area contributed by atoms with Gasteiger partial charge in [-0.15, -0.1) is 29.3 Å². The maximum absolute atomic E-state index is 12.5. The van der Waals surface area contributed by atoms with Crippen LogP contribution < -0.4 is 0 Å². The van der Waals surface area contributed by atoms with Crippen molar-refractivity contribution >= 4 is 11.0 Å². The number of aromatic nitrogens is 3. The van der Waals surface area contributed by atoms with Gasteiger partial charge in [-0.1, -0.05) is 186 Å². The molecular weight excluding hydrogens is 974 g/mol. The van der Waals surface area contributed by atoms with Crippen molar-refractivity contribution < 1.29 is 35.8 Å². The predicted octanol–water partition coefficient (Wildman–Crippen LogP) is 16.4. The fourth-order valence-electron chi connectivity index (χ4n) is 8.46. The Morgan fingerprint density at radius 3 is 1.83 bits per heavy atom. The number of nitrogens with zero attached hydrogens (tertiary/aromatic N) is 3. The summed E-state index contributed by atoms with van der Waals surface area (Å²) in [6, 6.07) is 33.8. The Morgan fingerprint density at radius 2 is 1.23 bits per heavy atom. The topological polar surface area (TPSA) is 50.9 Å². The van der Waals surface area contributed by atoms with Gasteiger partial charge < -0.3 is 5.11 Å². The Hall–Kier alpha value is -5.57. The van der Waals surface area contributed by atoms with E-state index in [1.807, 2.05) is 70.2 Å². The summed E-state index contributed by atoms with van der Waals surface area (Å²) in [5, 5.41) is 12.5. The van der Waals surface area contributed by atoms with Crippen LogP contribution >= 0.6 is 0 Å². The second kappa shape index (κ2) is 18.0. The van der Waals surface area contributed by atoms with Crippen molar-refractivity contribution in [2.75, 3.05) is 0 Å². The molecule has 0 amide bonds. The van der Waals surface area contributed by atoms with Crippen LogP contribution in [0.4, 0.5) is 0 Å². The van der Waals surface area contributed by atoms with Gasteiger partial charge in [0.05, 0.1) is 23.5 Å². The number of imidazole rings is 1. The number of benzene rings is 6. The van der Waals surface area contributed by atoms with Gasteiger partial charge in [0.2, 0.25) is 0 Å². The monoisotopic (exact) mass is 1040 g/mol. The van der Waals surface area contributed by atoms with Crippen LogP contribution in [-0.4, -0.2) is 19.6 Å². The molecule has 0 spiro atoms. The van der Waals surface area contributed by atoms with Gasteiger partial charge in [0, 0.05) is 46.9 Å². The number of rotatable bonds is 8. The zero-order valence-electron chi connectivity index (χ0n) is 46.9. The van der Waals surface area contributed by atoms with E-state index < -0.39 is 35.3 Å². The predicted molar refractivity (Wildman–Crippen MR) is 271 cm³/mol. The van der Waals surface area contributed by atoms with Gasteiger partial charge in [-0.2, -0.15) is 0 Å². The number of hydrogen-bond donors (Lipinski definition) is 1. The summed E-state index contributed by atoms with van der Waals surface area (Å²) in [6.07, 6.45) is 1.59. The van der Waals surface area contributed by atoms with Crippen LogP contribution in [0.25, 0.3) is 72.7 Å². The average Bonchev–Trinajstić information content (AvgIpc) is 3.68. The van der Waals surface area contributed by atoms with Gasteiger partial charge in [0.1, 0.15) is 11.6 Å². The normalized spacial score (nSPS) is 14.1. The van der Waals surface area contributed by atoms with Crippen molar-refractivity contribution in [1.29, 1.82) is 0 Å². The Labute approximate surface area is 412 Å². The minimum atomic E-state index is -0.926. The van der Waals surface area contributed by atoms with Crippen molar-refractivity contribution in [1.82, 2.24) is 14.5 Å². The van der Waals surface area contributed by atoms with Gasteiger partial charge in [0.15, 0.2) is 0 Å². The summed E-state index contributed by atoms with van der Waals surface area (Å²) in [6.45, 7) is 26.7. The molecule has 0 fully saturated rings. The first kappa shape index (κ1) is 38.7. The zero-order chi connectivity index (χ0) is 52.1. The van der Waals surface area contributed by atoms with Crippen molar-refractivity contribution in [3.63, 3.8) is 0 Å². The molecule has 8 rings (SSSR count). The number of para-hydroxylation sites is 1. The van der Waals surface area contributed by atoms with E-state index in [2.05, 4.69) is 115 Å². The van der Waals surface area contributed by atoms with E-state index in [0.717, 1.165) is 61.3 Å². The van der Waals surface area contributed by atoms with Crippen molar-refractivity contribution in [3.8, 4) is 67.5 Å². The SMILES string of the molecule is [2H]c1c([2H])c([2H])c(-c2ccnc(-c3[c-]c(-c4cccc5c4nc(-c4cc(C(C)(C)C)cc(C(C)(C)C)c4O)n5-c4ccc(-c5c(C([2H])(C)C)cccc5C([2H])(C)C)cc4)cc(C(C)(C)C)c3)c2)c([2H])c1[2H].[Pt]. The molecule has 0 radical (unpaired) electrons. The maximum atomic E-state index is 12.5. The average molecular weight is 1050 g/mol. The van der Waals surface area contributed by atoms with Crippen LogP contribution in [0.5, 0.6) is 5.75 Å². The number of hydrogen-bond acceptors (Lipinski definition) is 3. The molecule has 1 N–H and O–H groups in total. The number of aromatic hydroxyl groups is 1. The van der Waals surface area contributed by atoms with Crippen LogP contribution in [0.2, 0.25) is 0 Å². The van der Waals surface area contributed by atoms with E-state index in [-0.39, 0.29) is 55.3 Å². The van der Waals surface area contributed by atoms with Gasteiger partial charge >= 0.3 is 0 Å². The van der Waals surface area contributed by atoms with E-state index in [0.29, 0.717) is 33.7 Å². The molecule has 65 heavy (non-hydrogen) atoms. The number of fused-ring (bicyclic) bond motifs is 1. The van der Waals surface area contributed by atoms with Crippen LogP contribution in [0.15, 0.2) is 133 Å². The summed E-state index contributed by atoms with van der Waals surface area (Å²) in [7, 11) is 0. The summed E-state index contributed by atoms with van der Waals surface area (Å²) in [4.78, 5) is 10.3. The van der Waals surface area contributed by atoms with Gasteiger partial charge in [0.25, 0.3) is 0 Å². The van der Waals surface area contributed by atoms with E-state index in [9.17, 15) is 5.11 Å². The summed E-state index contributed by atoms with van der Waals surface area (Å²) in [5.41, 5.74) is 11.4. The first-order valence-electron chi connectivity index (χ1n) is 25.6. The minimum absolute atomic E-state index is 0. The molecule has 0 saturated carbocycles. The second-order valence-corrected chi connectivity index (χ2v) is 20.5. The Morgan fingerprint density at radius 1 is 0.631 bits per heavy atom. The van der Waals surface area contributed by atoms with E-state index >= 15 is 0 Å². The Bertz CT molecular complexity index is 3340. The van der Waals surface area contributed by atoms with Gasteiger partial charge in [-0.05, 0) is 97.3 Å². The molecule has 0 atom stereocenters. The molecule has 0 aliphatic carbocycles. The summed E-state index contributed by atoms with van der Waals surface area (Å²) in [5.74, 6) is -1.15. The summed E-state index contributed by atoms with van der Waals surface area (Å²) < 4.78 is 62.6. The number of pyridine rings is 1. The molecule has 0 saturated heterocycles. The Balaban J connectivity index is 0.00000760. The molecule has 0 aliphatic heterocycles. The quantitative estimate of drug-likeness (QED) is 0.154. The largest absolute Gasteiger partial charge is 0.507 e. The van der Waals surface area contributed by atoms with Crippen molar-refractivity contribution in [2.45, 2.75) is 118 Å². The molecular formula is C60H64N3OPt-. The van der Waals surface area contributed by atoms with Crippen LogP contribution in [-0.2, 0) is 37.3 Å². The van der Waals surface area contributed by atoms with Crippen molar-refractivity contribution in [2.24, 2.45) is 0 Å². The fourth-order valence-corrected chi connectivity index (χ4v) is 8.46. The van der Waals surface area contributed by atoms with E-state index in [4.69, 9.17) is 19.6 Å². The third-order valence-electron chi connectivity index (χ3n) is 12.1. The van der Waals surface area contributed by atoms with Crippen LogP contribution in [0, 0.1) is 6.07 Å². The van der Waals surface area contributed by atoms with E-state index in [1.165, 1.54) is 0 Å². The van der Waals surface area contributed by atoms with Gasteiger partial charge in [-0.25, -0.2) is 4.98 Å². The fraction of sp³-hybridized carbons (Fsp3) is 0.300. The molecule has 6 aromatic carbocycles. The maximum Gasteiger partial charge on any atom is 0.148 e. The first-order valence-corrected chi connectivity index (χ1v) is 22.1. The molecule has 5 heteroatoms. The molecule has 336 valence electrons. The molecule has 0 unspecified atom stereocenters. The van der Waals surface area contributed by atoms with Crippen molar-refractivity contribution in [3.05, 3.63) is 167 Å². The second-order valence-electron chi connectivity index (χ2n) is 20.5. The third kappa shape index (κ3) is 9.43. The molecule has 0 bridgehead atoms. The standard InChI is InChI=1S/C60H64N3O.Pt/c1-37(2)47-21-17-22-48(38(3)4)54(47)40-25-27-46(28-26-40)63-53-24-18-23-49(55(53)62-57(63)50-35-45(59(8,9)10)36-51(56(50)64)60(11,12)13)42-31-43(33-44(32-42)58(5,6)7)52-34-41(29-30-61-52)39-19-15-14-16-20-39;/h14-30,32-38,64H,1-13H3;/q-1;/i14D,15D,16D,19D,20D,37D,38D;.